The van der Waals surface area contributed by atoms with Gasteiger partial charge in [0, 0.05) is 24.1 Å². The first-order valence-electron chi connectivity index (χ1n) is 16.7. The quantitative estimate of drug-likeness (QED) is 0.113. The summed E-state index contributed by atoms with van der Waals surface area (Å²) in [4.78, 5) is 43.0. The number of aryl methyl sites for hydroxylation is 2. The first kappa shape index (κ1) is 33.3. The molecule has 0 N–H and O–H groups in total. The molecule has 7 rings (SSSR count). The number of esters is 2. The minimum absolute atomic E-state index is 0.00666. The van der Waals surface area contributed by atoms with E-state index in [-0.39, 0.29) is 37.0 Å². The van der Waals surface area contributed by atoms with Gasteiger partial charge in [-0.3, -0.25) is 19.9 Å². The summed E-state index contributed by atoms with van der Waals surface area (Å²) in [5, 5.41) is 25.3. The van der Waals surface area contributed by atoms with Crippen molar-refractivity contribution in [2.45, 2.75) is 52.4 Å². The van der Waals surface area contributed by atoms with Crippen molar-refractivity contribution < 1.29 is 24.0 Å². The summed E-state index contributed by atoms with van der Waals surface area (Å²) in [7, 11) is 0. The highest BCUT2D eigenvalue weighted by Gasteiger charge is 2.64. The number of hydrogen-bond donors (Lipinski definition) is 0. The maximum absolute atomic E-state index is 14.1. The van der Waals surface area contributed by atoms with Gasteiger partial charge in [-0.25, -0.2) is 19.6 Å². The topological polar surface area (TPSA) is 133 Å². The van der Waals surface area contributed by atoms with Crippen LogP contribution in [-0.4, -0.2) is 47.4 Å². The summed E-state index contributed by atoms with van der Waals surface area (Å²) < 4.78 is 11.2. The predicted molar refractivity (Wildman–Crippen MR) is 195 cm³/mol. The molecule has 2 atom stereocenters. The summed E-state index contributed by atoms with van der Waals surface area (Å²) in [5.41, 5.74) is 2.51. The number of hydrogen-bond acceptors (Lipinski definition) is 12. The fourth-order valence-electron chi connectivity index (χ4n) is 7.25. The summed E-state index contributed by atoms with van der Waals surface area (Å²) in [6, 6.07) is 29.4. The Labute approximate surface area is 295 Å². The van der Waals surface area contributed by atoms with Crippen LogP contribution in [0.4, 0.5) is 28.4 Å². The van der Waals surface area contributed by atoms with Crippen molar-refractivity contribution in [3.8, 4) is 0 Å². The maximum atomic E-state index is 14.1. The fraction of sp³-hybridized carbons (Fsp3) is 0.263. The van der Waals surface area contributed by atoms with E-state index < -0.39 is 28.2 Å². The molecule has 0 saturated carbocycles. The van der Waals surface area contributed by atoms with Gasteiger partial charge in [-0.15, -0.1) is 10.2 Å². The number of hydrazone groups is 2. The van der Waals surface area contributed by atoms with E-state index in [9.17, 15) is 19.7 Å². The Morgan fingerprint density at radius 1 is 0.745 bits per heavy atom. The molecule has 4 aromatic rings. The molecular formula is C38H37N7O6. The highest BCUT2D eigenvalue weighted by molar-refractivity contribution is 6.45. The zero-order valence-corrected chi connectivity index (χ0v) is 28.9. The van der Waals surface area contributed by atoms with Crippen molar-refractivity contribution in [1.29, 1.82) is 0 Å². The monoisotopic (exact) mass is 687 g/mol. The van der Waals surface area contributed by atoms with Crippen molar-refractivity contribution in [2.24, 2.45) is 10.2 Å². The van der Waals surface area contributed by atoms with Crippen molar-refractivity contribution in [1.82, 2.24) is 0 Å². The van der Waals surface area contributed by atoms with E-state index >= 15 is 0 Å². The molecule has 0 spiro atoms. The van der Waals surface area contributed by atoms with Crippen LogP contribution in [0.15, 0.2) is 107 Å². The van der Waals surface area contributed by atoms with Gasteiger partial charge in [0.1, 0.15) is 5.66 Å². The summed E-state index contributed by atoms with van der Waals surface area (Å²) >= 11 is 0. The van der Waals surface area contributed by atoms with Gasteiger partial charge in [0.05, 0.1) is 40.9 Å². The number of nitro groups is 1. The highest BCUT2D eigenvalue weighted by Crippen LogP contribution is 2.57. The molecule has 0 amide bonds. The number of benzene rings is 4. The van der Waals surface area contributed by atoms with E-state index in [4.69, 9.17) is 19.7 Å². The van der Waals surface area contributed by atoms with Gasteiger partial charge in [0.25, 0.3) is 5.69 Å². The molecule has 0 fully saturated rings. The van der Waals surface area contributed by atoms with E-state index in [0.29, 0.717) is 17.1 Å². The lowest BCUT2D eigenvalue weighted by atomic mass is 9.86. The van der Waals surface area contributed by atoms with Gasteiger partial charge < -0.3 is 9.47 Å². The molecule has 0 radical (unpaired) electrons. The van der Waals surface area contributed by atoms with Crippen LogP contribution < -0.4 is 19.8 Å². The van der Waals surface area contributed by atoms with Gasteiger partial charge >= 0.3 is 11.9 Å². The molecule has 13 heteroatoms. The van der Waals surface area contributed by atoms with E-state index in [2.05, 4.69) is 0 Å². The van der Waals surface area contributed by atoms with Gasteiger partial charge in [-0.1, -0.05) is 54.1 Å². The standard InChI is InChI=1S/C38H37N7O6/c1-6-50-35(46)33-39-43(28-16-13-25(3)14-17-28)37(5)24-38(27-11-9-8-10-12-27)42(32-23-26(4)15-22-31(32)41(33)37)34(36(47)51-7-2)40-44(38)29-18-20-30(21-19-29)45(48)49/h8-23H,6-7,24H2,1-5H3/t37-,38-/m1/s1. The number of nitro benzene ring substituents is 1. The first-order valence-corrected chi connectivity index (χ1v) is 16.7. The molecule has 260 valence electrons. The van der Waals surface area contributed by atoms with Crippen LogP contribution in [0.25, 0.3) is 0 Å². The van der Waals surface area contributed by atoms with Crippen LogP contribution in [-0.2, 0) is 24.7 Å². The van der Waals surface area contributed by atoms with Crippen LogP contribution in [0.5, 0.6) is 0 Å². The Balaban J connectivity index is 1.59. The highest BCUT2D eigenvalue weighted by atomic mass is 16.6. The number of non-ortho nitro benzene ring substituents is 1. The molecular weight excluding hydrogens is 650 g/mol. The zero-order valence-electron chi connectivity index (χ0n) is 28.9. The summed E-state index contributed by atoms with van der Waals surface area (Å²) in [5.74, 6) is -1.18. The van der Waals surface area contributed by atoms with Crippen LogP contribution in [0.3, 0.4) is 0 Å². The zero-order chi connectivity index (χ0) is 36.1. The minimum Gasteiger partial charge on any atom is -0.460 e. The van der Waals surface area contributed by atoms with Gasteiger partial charge in [0.2, 0.25) is 11.7 Å². The van der Waals surface area contributed by atoms with Crippen molar-refractivity contribution in [3.63, 3.8) is 0 Å². The van der Waals surface area contributed by atoms with Gasteiger partial charge in [-0.2, -0.15) is 0 Å². The molecule has 0 saturated heterocycles. The van der Waals surface area contributed by atoms with E-state index in [0.717, 1.165) is 22.4 Å². The lowest BCUT2D eigenvalue weighted by Crippen LogP contribution is -2.62. The second kappa shape index (κ2) is 12.6. The van der Waals surface area contributed by atoms with Crippen molar-refractivity contribution >= 4 is 52.0 Å². The SMILES string of the molecule is CCOC(=O)C1=NN(c2ccc(C)cc2)[C@]2(C)C[C@]3(c4ccccc4)N(c4ccc([N+](=O)[O-])cc4)N=C(C(=O)OCC)N3c3cc(C)ccc3N12. The third kappa shape index (κ3) is 5.23. The van der Waals surface area contributed by atoms with Crippen LogP contribution >= 0.6 is 0 Å². The normalized spacial score (nSPS) is 20.5. The lowest BCUT2D eigenvalue weighted by Gasteiger charge is -2.48. The summed E-state index contributed by atoms with van der Waals surface area (Å²) in [6.07, 6.45) is 0.154. The number of amidine groups is 2. The molecule has 4 aromatic carbocycles. The molecule has 3 aliphatic rings. The van der Waals surface area contributed by atoms with Gasteiger partial charge in [0.15, 0.2) is 5.66 Å². The van der Waals surface area contributed by atoms with Crippen LogP contribution in [0.2, 0.25) is 0 Å². The number of ether oxygens (including phenoxy) is 2. The lowest BCUT2D eigenvalue weighted by molar-refractivity contribution is -0.384. The Hall–Kier alpha value is -6.24. The third-order valence-electron chi connectivity index (χ3n) is 9.40. The third-order valence-corrected chi connectivity index (χ3v) is 9.40. The molecule has 0 bridgehead atoms. The van der Waals surface area contributed by atoms with Gasteiger partial charge in [-0.05, 0) is 76.6 Å². The number of fused-ring (bicyclic) bond motifs is 5. The van der Waals surface area contributed by atoms with Crippen molar-refractivity contribution in [2.75, 3.05) is 33.0 Å². The number of anilines is 4. The maximum Gasteiger partial charge on any atom is 0.376 e. The molecule has 51 heavy (non-hydrogen) atoms. The second-order valence-corrected chi connectivity index (χ2v) is 12.8. The number of carbonyl (C=O) groups is 2. The first-order chi connectivity index (χ1) is 24.5. The molecule has 3 heterocycles. The Morgan fingerprint density at radius 2 is 1.29 bits per heavy atom. The van der Waals surface area contributed by atoms with E-state index in [1.807, 2.05) is 108 Å². The predicted octanol–water partition coefficient (Wildman–Crippen LogP) is 6.59. The minimum atomic E-state index is -1.33. The average molecular weight is 688 g/mol. The number of rotatable bonds is 8. The average Bonchev–Trinajstić information content (AvgIpc) is 3.59. The van der Waals surface area contributed by atoms with Crippen LogP contribution in [0.1, 0.15) is 43.9 Å². The molecule has 0 aromatic heterocycles. The van der Waals surface area contributed by atoms with E-state index in [1.165, 1.54) is 12.1 Å². The molecule has 0 unspecified atom stereocenters. The van der Waals surface area contributed by atoms with E-state index in [1.54, 1.807) is 31.0 Å². The largest absolute Gasteiger partial charge is 0.460 e. The Bertz CT molecular complexity index is 2090. The number of nitrogens with zero attached hydrogens (tertiary/aromatic N) is 7. The fourth-order valence-corrected chi connectivity index (χ4v) is 7.25. The van der Waals surface area contributed by atoms with Crippen LogP contribution in [0, 0.1) is 24.0 Å². The Kier molecular flexibility index (Phi) is 8.20. The number of carbonyl (C=O) groups excluding carboxylic acids is 2. The Morgan fingerprint density at radius 3 is 1.90 bits per heavy atom. The van der Waals surface area contributed by atoms with Crippen molar-refractivity contribution in [3.05, 3.63) is 124 Å². The molecule has 13 nitrogen and oxygen atoms in total. The molecule has 0 aliphatic carbocycles. The molecule has 3 aliphatic heterocycles. The smallest absolute Gasteiger partial charge is 0.376 e. The second-order valence-electron chi connectivity index (χ2n) is 12.8. The summed E-state index contributed by atoms with van der Waals surface area (Å²) in [6.45, 7) is 9.66.